The zero-order valence-corrected chi connectivity index (χ0v) is 22.0. The number of benzene rings is 2. The molecule has 0 radical (unpaired) electrons. The summed E-state index contributed by atoms with van der Waals surface area (Å²) < 4.78 is 13.6. The Morgan fingerprint density at radius 1 is 1.03 bits per heavy atom. The summed E-state index contributed by atoms with van der Waals surface area (Å²) in [7, 11) is -2.15. The van der Waals surface area contributed by atoms with E-state index in [4.69, 9.17) is 9.31 Å². The van der Waals surface area contributed by atoms with E-state index in [0.717, 1.165) is 30.7 Å². The maximum atomic E-state index is 6.86. The van der Waals surface area contributed by atoms with E-state index in [1.807, 2.05) is 0 Å². The fourth-order valence-corrected chi connectivity index (χ4v) is 10.6. The highest BCUT2D eigenvalue weighted by molar-refractivity contribution is 6.92. The Labute approximate surface area is 201 Å². The van der Waals surface area contributed by atoms with Crippen molar-refractivity contribution >= 4 is 20.4 Å². The van der Waals surface area contributed by atoms with Crippen LogP contribution in [0.1, 0.15) is 45.6 Å². The van der Waals surface area contributed by atoms with E-state index < -0.39 is 8.07 Å². The van der Waals surface area contributed by atoms with Crippen LogP contribution in [0.4, 0.5) is 0 Å². The van der Waals surface area contributed by atoms with E-state index in [2.05, 4.69) is 101 Å². The summed E-state index contributed by atoms with van der Waals surface area (Å²) in [6, 6.07) is 21.9. The average Bonchev–Trinajstić information content (AvgIpc) is 3.17. The van der Waals surface area contributed by atoms with E-state index >= 15 is 0 Å². The molecule has 1 heterocycles. The van der Waals surface area contributed by atoms with Gasteiger partial charge in [0.25, 0.3) is 0 Å². The van der Waals surface area contributed by atoms with E-state index in [9.17, 15) is 0 Å². The number of hydrogen-bond acceptors (Lipinski definition) is 2. The molecule has 0 amide bonds. The van der Waals surface area contributed by atoms with Gasteiger partial charge in [-0.15, -0.1) is 6.58 Å². The highest BCUT2D eigenvalue weighted by Gasteiger charge is 2.68. The third kappa shape index (κ3) is 3.79. The summed E-state index contributed by atoms with van der Waals surface area (Å²) in [6.45, 7) is 16.8. The standard InChI is InChI=1S/C29H39BO2Si/c1-21(30-31-27-20-23-19-26(28(23,2)3)29(27,4)32-30)25(18-17-22-13-9-7-10-14-22)33(5,6)24-15-11-8-12-16-24/h7-16,23,25-27H,1,17-20H2,2-6H3/t23-,25+,26-,27+,29-/m1/s1. The van der Waals surface area contributed by atoms with Gasteiger partial charge in [0.1, 0.15) is 0 Å². The third-order valence-corrected chi connectivity index (χ3v) is 13.9. The summed E-state index contributed by atoms with van der Waals surface area (Å²) >= 11 is 0. The van der Waals surface area contributed by atoms with Crippen LogP contribution >= 0.6 is 0 Å². The third-order valence-electron chi connectivity index (χ3n) is 9.65. The molecule has 6 rings (SSSR count). The molecular formula is C29H39BO2Si. The van der Waals surface area contributed by atoms with Gasteiger partial charge < -0.3 is 9.31 Å². The van der Waals surface area contributed by atoms with Crippen LogP contribution < -0.4 is 5.19 Å². The molecule has 0 N–H and O–H groups in total. The second-order valence-electron chi connectivity index (χ2n) is 12.0. The highest BCUT2D eigenvalue weighted by Crippen LogP contribution is 2.66. The molecule has 4 heteroatoms. The molecule has 174 valence electrons. The van der Waals surface area contributed by atoms with Crippen molar-refractivity contribution in [2.45, 2.75) is 76.8 Å². The maximum Gasteiger partial charge on any atom is 0.489 e. The molecule has 33 heavy (non-hydrogen) atoms. The monoisotopic (exact) mass is 458 g/mol. The smallest absolute Gasteiger partial charge is 0.402 e. The van der Waals surface area contributed by atoms with E-state index in [1.54, 1.807) is 0 Å². The molecule has 0 aromatic heterocycles. The van der Waals surface area contributed by atoms with Crippen LogP contribution in [-0.2, 0) is 15.7 Å². The quantitative estimate of drug-likeness (QED) is 0.445. The zero-order valence-electron chi connectivity index (χ0n) is 21.0. The fraction of sp³-hybridized carbons (Fsp3) is 0.517. The van der Waals surface area contributed by atoms with Crippen LogP contribution in [0.2, 0.25) is 18.6 Å². The Balaban J connectivity index is 1.41. The van der Waals surface area contributed by atoms with Gasteiger partial charge >= 0.3 is 7.12 Å². The van der Waals surface area contributed by atoms with Gasteiger partial charge in [0.15, 0.2) is 0 Å². The molecule has 4 aliphatic rings. The van der Waals surface area contributed by atoms with Gasteiger partial charge in [0.2, 0.25) is 0 Å². The minimum Gasteiger partial charge on any atom is -0.402 e. The predicted molar refractivity (Wildman–Crippen MR) is 141 cm³/mol. The number of rotatable bonds is 7. The lowest BCUT2D eigenvalue weighted by Gasteiger charge is -2.64. The van der Waals surface area contributed by atoms with E-state index in [0.29, 0.717) is 16.9 Å². The summed E-state index contributed by atoms with van der Waals surface area (Å²) in [6.07, 6.45) is 4.74. The predicted octanol–water partition coefficient (Wildman–Crippen LogP) is 6.43. The summed E-state index contributed by atoms with van der Waals surface area (Å²) in [5.74, 6) is 1.34. The van der Waals surface area contributed by atoms with Crippen molar-refractivity contribution in [1.82, 2.24) is 0 Å². The molecule has 1 saturated heterocycles. The SMILES string of the molecule is C=C(B1O[C@H]2C[C@H]3C[C@H](C3(C)C)[C@@]2(C)O1)[C@H](CCc1ccccc1)[Si](C)(C)c1ccccc1. The lowest BCUT2D eigenvalue weighted by molar-refractivity contribution is -0.199. The summed E-state index contributed by atoms with van der Waals surface area (Å²) in [5, 5.41) is 1.48. The van der Waals surface area contributed by atoms with E-state index in [1.165, 1.54) is 17.2 Å². The van der Waals surface area contributed by atoms with Gasteiger partial charge in [-0.25, -0.2) is 0 Å². The van der Waals surface area contributed by atoms with Gasteiger partial charge in [-0.2, -0.15) is 0 Å². The van der Waals surface area contributed by atoms with Crippen molar-refractivity contribution in [3.63, 3.8) is 0 Å². The first kappa shape index (κ1) is 23.1. The minimum absolute atomic E-state index is 0.186. The summed E-state index contributed by atoms with van der Waals surface area (Å²) in [5.41, 5.74) is 3.11. The zero-order chi connectivity index (χ0) is 23.4. The Bertz CT molecular complexity index is 1000. The average molecular weight is 459 g/mol. The molecule has 3 aliphatic carbocycles. The van der Waals surface area contributed by atoms with Crippen molar-refractivity contribution < 1.29 is 9.31 Å². The largest absolute Gasteiger partial charge is 0.489 e. The maximum absolute atomic E-state index is 6.86. The topological polar surface area (TPSA) is 18.5 Å². The molecule has 2 aromatic carbocycles. The molecule has 0 unspecified atom stereocenters. The molecule has 0 spiro atoms. The van der Waals surface area contributed by atoms with Crippen LogP contribution in [0, 0.1) is 17.3 Å². The van der Waals surface area contributed by atoms with Crippen LogP contribution in [0.25, 0.3) is 0 Å². The van der Waals surface area contributed by atoms with Crippen LogP contribution in [0.5, 0.6) is 0 Å². The first-order valence-electron chi connectivity index (χ1n) is 12.8. The lowest BCUT2D eigenvalue weighted by Crippen LogP contribution is -2.65. The van der Waals surface area contributed by atoms with Crippen molar-refractivity contribution in [2.24, 2.45) is 17.3 Å². The normalized spacial score (nSPS) is 30.9. The molecule has 2 nitrogen and oxygen atoms in total. The van der Waals surface area contributed by atoms with Crippen molar-refractivity contribution in [2.75, 3.05) is 0 Å². The van der Waals surface area contributed by atoms with Gasteiger partial charge in [-0.05, 0) is 66.4 Å². The first-order valence-corrected chi connectivity index (χ1v) is 15.8. The van der Waals surface area contributed by atoms with E-state index in [-0.39, 0.29) is 18.8 Å². The second-order valence-corrected chi connectivity index (χ2v) is 16.8. The minimum atomic E-state index is -1.86. The Kier molecular flexibility index (Phi) is 5.79. The number of hydrogen-bond donors (Lipinski definition) is 0. The molecule has 1 aliphatic heterocycles. The number of allylic oxidation sites excluding steroid dienone is 1. The van der Waals surface area contributed by atoms with Crippen molar-refractivity contribution in [3.8, 4) is 0 Å². The molecule has 3 saturated carbocycles. The summed E-state index contributed by atoms with van der Waals surface area (Å²) in [4.78, 5) is 0. The van der Waals surface area contributed by atoms with Crippen molar-refractivity contribution in [1.29, 1.82) is 0 Å². The van der Waals surface area contributed by atoms with Gasteiger partial charge in [-0.3, -0.25) is 0 Å². The van der Waals surface area contributed by atoms with Crippen molar-refractivity contribution in [3.05, 3.63) is 78.3 Å². The highest BCUT2D eigenvalue weighted by atomic mass is 28.3. The first-order chi connectivity index (χ1) is 15.6. The van der Waals surface area contributed by atoms with Crippen LogP contribution in [-0.4, -0.2) is 26.9 Å². The molecular weight excluding hydrogens is 419 g/mol. The van der Waals surface area contributed by atoms with Crippen LogP contribution in [0.3, 0.4) is 0 Å². The lowest BCUT2D eigenvalue weighted by atomic mass is 9.43. The van der Waals surface area contributed by atoms with Gasteiger partial charge in [0, 0.05) is 0 Å². The number of aryl methyl sites for hydroxylation is 1. The molecule has 5 atom stereocenters. The van der Waals surface area contributed by atoms with Gasteiger partial charge in [-0.1, -0.05) is 92.8 Å². The van der Waals surface area contributed by atoms with Crippen LogP contribution in [0.15, 0.2) is 72.7 Å². The van der Waals surface area contributed by atoms with Gasteiger partial charge in [0.05, 0.1) is 19.8 Å². The molecule has 2 bridgehead atoms. The molecule has 4 fully saturated rings. The fourth-order valence-electron chi connectivity index (χ4n) is 7.22. The Morgan fingerprint density at radius 3 is 2.30 bits per heavy atom. The molecule has 2 aromatic rings. The Morgan fingerprint density at radius 2 is 1.67 bits per heavy atom. The second kappa shape index (κ2) is 8.25. The Hall–Kier alpha value is -1.62.